The molecule has 1 fully saturated rings. The molecule has 1 aliphatic rings. The van der Waals surface area contributed by atoms with E-state index in [0.29, 0.717) is 24.1 Å². The number of piperidine rings is 1. The predicted molar refractivity (Wildman–Crippen MR) is 66.9 cm³/mol. The maximum atomic E-state index is 13.1. The van der Waals surface area contributed by atoms with Crippen molar-refractivity contribution in [2.75, 3.05) is 24.5 Å². The number of rotatable bonds is 2. The number of aromatic nitrogens is 3. The van der Waals surface area contributed by atoms with Crippen LogP contribution in [0.2, 0.25) is 0 Å². The molecule has 1 saturated heterocycles. The van der Waals surface area contributed by atoms with Crippen LogP contribution in [-0.2, 0) is 0 Å². The summed E-state index contributed by atoms with van der Waals surface area (Å²) >= 11 is 0. The van der Waals surface area contributed by atoms with Gasteiger partial charge in [0.1, 0.15) is 5.82 Å². The third kappa shape index (κ3) is 2.03. The molecule has 6 heteroatoms. The lowest BCUT2D eigenvalue weighted by molar-refractivity contribution is 0.419. The smallest absolute Gasteiger partial charge is 0.245 e. The topological polar surface area (TPSA) is 59.5 Å². The molecule has 1 aliphatic heterocycles. The first-order valence-corrected chi connectivity index (χ1v) is 6.23. The second-order valence-corrected chi connectivity index (χ2v) is 4.75. The Morgan fingerprint density at radius 3 is 3.17 bits per heavy atom. The third-order valence-electron chi connectivity index (χ3n) is 3.42. The number of nitrogens with two attached hydrogens (primary N) is 1. The lowest BCUT2D eigenvalue weighted by atomic mass is 9.99. The fourth-order valence-electron chi connectivity index (χ4n) is 2.42. The van der Waals surface area contributed by atoms with Crippen molar-refractivity contribution >= 4 is 11.6 Å². The monoisotopic (exact) mass is 249 g/mol. The molecule has 0 aliphatic carbocycles. The van der Waals surface area contributed by atoms with Crippen molar-refractivity contribution in [3.05, 3.63) is 24.1 Å². The van der Waals surface area contributed by atoms with Crippen LogP contribution in [0.1, 0.15) is 12.8 Å². The Morgan fingerprint density at radius 2 is 2.33 bits per heavy atom. The van der Waals surface area contributed by atoms with Gasteiger partial charge in [0.15, 0.2) is 5.65 Å². The first-order chi connectivity index (χ1) is 8.76. The van der Waals surface area contributed by atoms with Gasteiger partial charge in [-0.25, -0.2) is 8.91 Å². The quantitative estimate of drug-likeness (QED) is 0.864. The van der Waals surface area contributed by atoms with Gasteiger partial charge in [-0.05, 0) is 37.4 Å². The average molecular weight is 249 g/mol. The van der Waals surface area contributed by atoms with Crippen LogP contribution in [0.4, 0.5) is 10.3 Å². The first-order valence-electron chi connectivity index (χ1n) is 6.23. The van der Waals surface area contributed by atoms with Crippen molar-refractivity contribution in [2.24, 2.45) is 11.7 Å². The number of nitrogens with zero attached hydrogens (tertiary/aromatic N) is 4. The fraction of sp³-hybridized carbons (Fsp3) is 0.500. The molecule has 2 N–H and O–H groups in total. The number of fused-ring (bicyclic) bond motifs is 1. The Morgan fingerprint density at radius 1 is 1.44 bits per heavy atom. The Kier molecular flexibility index (Phi) is 2.87. The fourth-order valence-corrected chi connectivity index (χ4v) is 2.42. The highest BCUT2D eigenvalue weighted by Crippen LogP contribution is 2.20. The van der Waals surface area contributed by atoms with E-state index in [1.807, 2.05) is 0 Å². The summed E-state index contributed by atoms with van der Waals surface area (Å²) in [5, 5.41) is 4.32. The van der Waals surface area contributed by atoms with E-state index >= 15 is 0 Å². The highest BCUT2D eigenvalue weighted by molar-refractivity contribution is 5.44. The molecule has 3 heterocycles. The number of halogens is 1. The second-order valence-electron chi connectivity index (χ2n) is 4.75. The lowest BCUT2D eigenvalue weighted by Crippen LogP contribution is -2.39. The van der Waals surface area contributed by atoms with Gasteiger partial charge in [0.2, 0.25) is 5.95 Å². The second kappa shape index (κ2) is 4.53. The van der Waals surface area contributed by atoms with Crippen LogP contribution >= 0.6 is 0 Å². The van der Waals surface area contributed by atoms with Crippen LogP contribution in [0.3, 0.4) is 0 Å². The molecule has 0 spiro atoms. The minimum Gasteiger partial charge on any atom is -0.339 e. The molecular formula is C12H16FN5. The highest BCUT2D eigenvalue weighted by Gasteiger charge is 2.21. The maximum absolute atomic E-state index is 13.1. The summed E-state index contributed by atoms with van der Waals surface area (Å²) in [6.07, 6.45) is 3.61. The molecule has 96 valence electrons. The zero-order valence-electron chi connectivity index (χ0n) is 10.1. The number of hydrogen-bond donors (Lipinski definition) is 1. The molecule has 0 radical (unpaired) electrons. The van der Waals surface area contributed by atoms with E-state index in [0.717, 1.165) is 25.9 Å². The van der Waals surface area contributed by atoms with Gasteiger partial charge in [-0.2, -0.15) is 4.98 Å². The van der Waals surface area contributed by atoms with Crippen LogP contribution in [0, 0.1) is 11.7 Å². The zero-order chi connectivity index (χ0) is 12.5. The molecular weight excluding hydrogens is 233 g/mol. The van der Waals surface area contributed by atoms with Crippen molar-refractivity contribution in [3.63, 3.8) is 0 Å². The average Bonchev–Trinajstić information content (AvgIpc) is 2.81. The molecule has 2 aromatic heterocycles. The summed E-state index contributed by atoms with van der Waals surface area (Å²) in [5.41, 5.74) is 6.38. The van der Waals surface area contributed by atoms with Crippen LogP contribution in [-0.4, -0.2) is 34.2 Å². The van der Waals surface area contributed by atoms with E-state index in [9.17, 15) is 4.39 Å². The summed E-state index contributed by atoms with van der Waals surface area (Å²) in [6.45, 7) is 2.52. The highest BCUT2D eigenvalue weighted by atomic mass is 19.1. The molecule has 1 atom stereocenters. The molecule has 18 heavy (non-hydrogen) atoms. The van der Waals surface area contributed by atoms with E-state index in [2.05, 4.69) is 15.0 Å². The van der Waals surface area contributed by atoms with Crippen LogP contribution in [0.5, 0.6) is 0 Å². The Bertz CT molecular complexity index is 552. The molecule has 3 rings (SSSR count). The Labute approximate surface area is 104 Å². The van der Waals surface area contributed by atoms with Crippen LogP contribution in [0.15, 0.2) is 18.3 Å². The van der Waals surface area contributed by atoms with E-state index < -0.39 is 0 Å². The van der Waals surface area contributed by atoms with Gasteiger partial charge in [0.05, 0.1) is 6.20 Å². The van der Waals surface area contributed by atoms with Gasteiger partial charge < -0.3 is 10.6 Å². The van der Waals surface area contributed by atoms with Gasteiger partial charge in [-0.15, -0.1) is 5.10 Å². The SMILES string of the molecule is NCC1CCCN(c2nc3ccc(F)cn3n2)C1. The molecule has 2 aromatic rings. The lowest BCUT2D eigenvalue weighted by Gasteiger charge is -2.31. The Balaban J connectivity index is 1.89. The molecule has 5 nitrogen and oxygen atoms in total. The van der Waals surface area contributed by atoms with Crippen molar-refractivity contribution in [2.45, 2.75) is 12.8 Å². The predicted octanol–water partition coefficient (Wildman–Crippen LogP) is 1.04. The minimum absolute atomic E-state index is 0.308. The zero-order valence-corrected chi connectivity index (χ0v) is 10.1. The number of pyridine rings is 1. The van der Waals surface area contributed by atoms with Gasteiger partial charge in [0.25, 0.3) is 0 Å². The van der Waals surface area contributed by atoms with Crippen molar-refractivity contribution in [3.8, 4) is 0 Å². The van der Waals surface area contributed by atoms with Crippen molar-refractivity contribution < 1.29 is 4.39 Å². The largest absolute Gasteiger partial charge is 0.339 e. The van der Waals surface area contributed by atoms with Crippen LogP contribution < -0.4 is 10.6 Å². The van der Waals surface area contributed by atoms with E-state index in [-0.39, 0.29) is 5.82 Å². The summed E-state index contributed by atoms with van der Waals surface area (Å²) in [5.74, 6) is 0.860. The summed E-state index contributed by atoms with van der Waals surface area (Å²) in [7, 11) is 0. The number of hydrogen-bond acceptors (Lipinski definition) is 4. The minimum atomic E-state index is -0.308. The van der Waals surface area contributed by atoms with Crippen LogP contribution in [0.25, 0.3) is 5.65 Å². The normalized spacial score (nSPS) is 20.6. The van der Waals surface area contributed by atoms with E-state index in [1.54, 1.807) is 6.07 Å². The number of anilines is 1. The van der Waals surface area contributed by atoms with Gasteiger partial charge >= 0.3 is 0 Å². The Hall–Kier alpha value is -1.69. The summed E-state index contributed by atoms with van der Waals surface area (Å²) in [6, 6.07) is 3.03. The van der Waals surface area contributed by atoms with Crippen molar-refractivity contribution in [1.82, 2.24) is 14.6 Å². The molecule has 0 aromatic carbocycles. The molecule has 0 saturated carbocycles. The summed E-state index contributed by atoms with van der Waals surface area (Å²) < 4.78 is 14.6. The summed E-state index contributed by atoms with van der Waals surface area (Å²) in [4.78, 5) is 6.55. The van der Waals surface area contributed by atoms with Gasteiger partial charge in [0, 0.05) is 13.1 Å². The molecule has 1 unspecified atom stereocenters. The van der Waals surface area contributed by atoms with Gasteiger partial charge in [-0.1, -0.05) is 0 Å². The van der Waals surface area contributed by atoms with Crippen molar-refractivity contribution in [1.29, 1.82) is 0 Å². The maximum Gasteiger partial charge on any atom is 0.245 e. The molecule has 0 bridgehead atoms. The first kappa shape index (κ1) is 11.4. The standard InChI is InChI=1S/C12H16FN5/c13-10-3-4-11-15-12(16-18(11)8-10)17-5-1-2-9(6-14)7-17/h3-4,8-9H,1-2,5-7,14H2. The van der Waals surface area contributed by atoms with E-state index in [4.69, 9.17) is 5.73 Å². The third-order valence-corrected chi connectivity index (χ3v) is 3.42. The van der Waals surface area contributed by atoms with E-state index in [1.165, 1.54) is 16.8 Å². The molecule has 0 amide bonds. The van der Waals surface area contributed by atoms with Gasteiger partial charge in [-0.3, -0.25) is 0 Å².